The van der Waals surface area contributed by atoms with E-state index in [1.807, 2.05) is 0 Å². The van der Waals surface area contributed by atoms with Crippen molar-refractivity contribution in [2.45, 2.75) is 28.5 Å². The van der Waals surface area contributed by atoms with Gasteiger partial charge < -0.3 is 0 Å². The summed E-state index contributed by atoms with van der Waals surface area (Å²) in [6, 6.07) is 27.1. The molecule has 0 amide bonds. The first-order valence-electron chi connectivity index (χ1n) is 7.67. The summed E-state index contributed by atoms with van der Waals surface area (Å²) in [5.74, 6) is 0. The second kappa shape index (κ2) is 6.70. The molecule has 0 bridgehead atoms. The highest BCUT2D eigenvalue weighted by molar-refractivity contribution is 14.1. The van der Waals surface area contributed by atoms with E-state index < -0.39 is 10.0 Å². The molecule has 0 aliphatic carbocycles. The summed E-state index contributed by atoms with van der Waals surface area (Å²) in [6.07, 6.45) is 2.41. The number of benzene rings is 3. The van der Waals surface area contributed by atoms with E-state index in [9.17, 15) is 0 Å². The summed E-state index contributed by atoms with van der Waals surface area (Å²) in [7, 11) is -1.23. The van der Waals surface area contributed by atoms with E-state index in [0.717, 1.165) is 0 Å². The highest BCUT2D eigenvalue weighted by atomic mass is 127. The summed E-state index contributed by atoms with van der Waals surface area (Å²) in [4.78, 5) is 4.23. The number of rotatable bonds is 3. The largest absolute Gasteiger partial charge is 0.163 e. The lowest BCUT2D eigenvalue weighted by Gasteiger charge is -2.37. The van der Waals surface area contributed by atoms with Crippen LogP contribution in [0.2, 0.25) is 0 Å². The molecule has 0 heterocycles. The molecule has 0 atom stereocenters. The maximum atomic E-state index is 2.41. The third kappa shape index (κ3) is 3.33. The molecule has 0 N–H and O–H groups in total. The molecule has 3 aromatic carbocycles. The van der Waals surface area contributed by atoms with Gasteiger partial charge in [0.2, 0.25) is 0 Å². The monoisotopic (exact) mass is 432 g/mol. The predicted octanol–water partition coefficient (Wildman–Crippen LogP) is 6.82. The van der Waals surface area contributed by atoms with E-state index >= 15 is 0 Å². The molecule has 0 spiro atoms. The lowest BCUT2D eigenvalue weighted by Crippen LogP contribution is -2.02. The van der Waals surface area contributed by atoms with Gasteiger partial charge in [0.1, 0.15) is 0 Å². The van der Waals surface area contributed by atoms with Crippen LogP contribution in [0.5, 0.6) is 0 Å². The highest BCUT2D eigenvalue weighted by Gasteiger charge is 2.25. The Morgan fingerprint density at radius 2 is 0.870 bits per heavy atom. The molecule has 0 aliphatic rings. The maximum absolute atomic E-state index is 2.41. The van der Waals surface area contributed by atoms with Gasteiger partial charge >= 0.3 is 0 Å². The van der Waals surface area contributed by atoms with Gasteiger partial charge in [-0.1, -0.05) is 35.4 Å². The molecule has 0 nitrogen and oxygen atoms in total. The van der Waals surface area contributed by atoms with Crippen LogP contribution in [0.15, 0.2) is 87.5 Å². The molecule has 0 aromatic heterocycles. The minimum absolute atomic E-state index is 1.23. The molecule has 23 heavy (non-hydrogen) atoms. The van der Waals surface area contributed by atoms with Gasteiger partial charge in [-0.05, 0) is 106 Å². The molecule has 3 aromatic rings. The molecule has 0 unspecified atom stereocenters. The van der Waals surface area contributed by atoms with Crippen LogP contribution in [-0.2, 0) is 0 Å². The number of hydrogen-bond donors (Lipinski definition) is 0. The van der Waals surface area contributed by atoms with Crippen LogP contribution >= 0.6 is 32.6 Å². The van der Waals surface area contributed by atoms with Gasteiger partial charge in [0, 0.05) is 3.57 Å². The normalized spacial score (nSPS) is 12.2. The molecule has 2 heteroatoms. The molecule has 0 radical (unpaired) electrons. The van der Waals surface area contributed by atoms with Gasteiger partial charge in [0.15, 0.2) is 0 Å². The molecule has 0 aliphatic heterocycles. The topological polar surface area (TPSA) is 0 Å². The zero-order valence-electron chi connectivity index (χ0n) is 13.7. The van der Waals surface area contributed by atoms with Gasteiger partial charge in [0.25, 0.3) is 0 Å². The second-order valence-electron chi connectivity index (χ2n) is 6.00. The van der Waals surface area contributed by atoms with Crippen LogP contribution < -0.4 is 0 Å². The Labute approximate surface area is 154 Å². The minimum Gasteiger partial charge on any atom is -0.163 e. The van der Waals surface area contributed by atoms with Crippen molar-refractivity contribution < 1.29 is 0 Å². The Hall–Kier alpha value is -1.26. The third-order valence-corrected chi connectivity index (χ3v) is 8.63. The zero-order chi connectivity index (χ0) is 16.4. The van der Waals surface area contributed by atoms with E-state index in [0.29, 0.717) is 0 Å². The molecule has 0 fully saturated rings. The van der Waals surface area contributed by atoms with Crippen molar-refractivity contribution in [1.82, 2.24) is 0 Å². The Balaban J connectivity index is 2.21. The van der Waals surface area contributed by atoms with Crippen LogP contribution in [-0.4, -0.2) is 6.26 Å². The van der Waals surface area contributed by atoms with Crippen molar-refractivity contribution in [1.29, 1.82) is 0 Å². The molecular weight excluding hydrogens is 411 g/mol. The van der Waals surface area contributed by atoms with Gasteiger partial charge in [-0.2, -0.15) is 10.0 Å². The van der Waals surface area contributed by atoms with Crippen molar-refractivity contribution in [3.8, 4) is 0 Å². The van der Waals surface area contributed by atoms with E-state index in [2.05, 4.69) is 115 Å². The van der Waals surface area contributed by atoms with Gasteiger partial charge in [-0.25, -0.2) is 0 Å². The summed E-state index contributed by atoms with van der Waals surface area (Å²) in [5.41, 5.74) is 2.61. The lowest BCUT2D eigenvalue weighted by molar-refractivity contribution is 1.27. The Morgan fingerprint density at radius 1 is 0.565 bits per heavy atom. The van der Waals surface area contributed by atoms with Crippen LogP contribution in [0.4, 0.5) is 0 Å². The summed E-state index contributed by atoms with van der Waals surface area (Å²) in [6.45, 7) is 4.29. The van der Waals surface area contributed by atoms with Gasteiger partial charge in [-0.3, -0.25) is 0 Å². The summed E-state index contributed by atoms with van der Waals surface area (Å²) in [5, 5.41) is 0. The van der Waals surface area contributed by atoms with Crippen LogP contribution in [0.1, 0.15) is 11.1 Å². The number of hydrogen-bond acceptors (Lipinski definition) is 0. The Morgan fingerprint density at radius 3 is 1.22 bits per heavy atom. The fourth-order valence-corrected chi connectivity index (χ4v) is 5.95. The molecular formula is C21H21IS. The molecule has 0 saturated carbocycles. The average molecular weight is 432 g/mol. The number of halogens is 1. The van der Waals surface area contributed by atoms with Crippen molar-refractivity contribution in [3.05, 3.63) is 87.5 Å². The van der Waals surface area contributed by atoms with E-state index in [4.69, 9.17) is 0 Å². The molecule has 0 saturated heterocycles. The molecule has 118 valence electrons. The Kier molecular flexibility index (Phi) is 4.83. The van der Waals surface area contributed by atoms with Gasteiger partial charge in [0.05, 0.1) is 0 Å². The van der Waals surface area contributed by atoms with E-state index in [1.54, 1.807) is 0 Å². The third-order valence-electron chi connectivity index (χ3n) is 4.27. The fourth-order valence-electron chi connectivity index (χ4n) is 2.74. The zero-order valence-corrected chi connectivity index (χ0v) is 16.7. The lowest BCUT2D eigenvalue weighted by atomic mass is 10.2. The van der Waals surface area contributed by atoms with Crippen LogP contribution in [0, 0.1) is 17.4 Å². The van der Waals surface area contributed by atoms with E-state index in [1.165, 1.54) is 29.4 Å². The van der Waals surface area contributed by atoms with Crippen LogP contribution in [0.3, 0.4) is 0 Å². The summed E-state index contributed by atoms with van der Waals surface area (Å²) < 4.78 is 1.28. The van der Waals surface area contributed by atoms with Crippen molar-refractivity contribution in [2.24, 2.45) is 0 Å². The summed E-state index contributed by atoms with van der Waals surface area (Å²) >= 11 is 2.37. The predicted molar refractivity (Wildman–Crippen MR) is 110 cm³/mol. The van der Waals surface area contributed by atoms with Gasteiger partial charge in [-0.15, -0.1) is 0 Å². The maximum Gasteiger partial charge on any atom is 0.0131 e. The molecule has 3 rings (SSSR count). The standard InChI is InChI=1S/C21H21IS/c1-16-4-10-19(11-5-16)23(3,20-12-6-17(2)7-13-20)21-14-8-18(22)9-15-21/h4-15H,1-3H3. The quantitative estimate of drug-likeness (QED) is 0.399. The smallest absolute Gasteiger partial charge is 0.0131 e. The first-order valence-corrected chi connectivity index (χ1v) is 10.8. The minimum atomic E-state index is -1.23. The average Bonchev–Trinajstić information content (AvgIpc) is 2.56. The highest BCUT2D eigenvalue weighted by Crippen LogP contribution is 2.65. The first-order chi connectivity index (χ1) is 11.0. The van der Waals surface area contributed by atoms with E-state index in [-0.39, 0.29) is 0 Å². The first kappa shape index (κ1) is 16.6. The van der Waals surface area contributed by atoms with Crippen molar-refractivity contribution in [2.75, 3.05) is 6.26 Å². The fraction of sp³-hybridized carbons (Fsp3) is 0.143. The SMILES string of the molecule is Cc1ccc(S(C)(c2ccc(C)cc2)c2ccc(I)cc2)cc1. The second-order valence-corrected chi connectivity index (χ2v) is 10.5. The van der Waals surface area contributed by atoms with Crippen molar-refractivity contribution >= 4 is 32.6 Å². The number of aryl methyl sites for hydroxylation is 2. The Bertz CT molecular complexity index is 676. The van der Waals surface area contributed by atoms with Crippen LogP contribution in [0.25, 0.3) is 0 Å². The van der Waals surface area contributed by atoms with Crippen molar-refractivity contribution in [3.63, 3.8) is 0 Å².